The number of aromatic nitrogens is 2. The van der Waals surface area contributed by atoms with Crippen LogP contribution in [0.3, 0.4) is 0 Å². The summed E-state index contributed by atoms with van der Waals surface area (Å²) in [4.78, 5) is 11.3. The zero-order valence-corrected chi connectivity index (χ0v) is 14.7. The minimum absolute atomic E-state index is 0.0661. The Kier molecular flexibility index (Phi) is 6.33. The van der Waals surface area contributed by atoms with Crippen molar-refractivity contribution in [3.8, 4) is 0 Å². The fourth-order valence-corrected chi connectivity index (χ4v) is 3.43. The molecule has 0 bridgehead atoms. The Morgan fingerprint density at radius 2 is 2.04 bits per heavy atom. The van der Waals surface area contributed by atoms with Crippen LogP contribution in [0.1, 0.15) is 31.2 Å². The van der Waals surface area contributed by atoms with E-state index in [1.54, 1.807) is 24.3 Å². The summed E-state index contributed by atoms with van der Waals surface area (Å²) in [6.07, 6.45) is 1.47. The van der Waals surface area contributed by atoms with Gasteiger partial charge in [0.15, 0.2) is 0 Å². The fourth-order valence-electron chi connectivity index (χ4n) is 1.97. The number of rotatable bonds is 8. The number of halogens is 1. The predicted molar refractivity (Wildman–Crippen MR) is 88.3 cm³/mol. The van der Waals surface area contributed by atoms with Crippen LogP contribution in [0.25, 0.3) is 0 Å². The first kappa shape index (κ1) is 18.4. The van der Waals surface area contributed by atoms with E-state index in [4.69, 9.17) is 16.0 Å². The van der Waals surface area contributed by atoms with Crippen molar-refractivity contribution < 1.29 is 17.6 Å². The fraction of sp³-hybridized carbons (Fsp3) is 0.400. The van der Waals surface area contributed by atoms with Gasteiger partial charge in [-0.05, 0) is 18.1 Å². The van der Waals surface area contributed by atoms with Crippen LogP contribution < -0.4 is 5.32 Å². The minimum Gasteiger partial charge on any atom is -0.412 e. The number of hydrogen-bond donors (Lipinski definition) is 1. The lowest BCUT2D eigenvalue weighted by Gasteiger charge is -2.02. The van der Waals surface area contributed by atoms with Gasteiger partial charge >= 0.3 is 5.22 Å². The Balaban J connectivity index is 1.98. The lowest BCUT2D eigenvalue weighted by molar-refractivity contribution is -0.121. The third-order valence-corrected chi connectivity index (χ3v) is 4.91. The van der Waals surface area contributed by atoms with E-state index in [1.807, 2.05) is 6.92 Å². The molecule has 24 heavy (non-hydrogen) atoms. The number of hydrogen-bond acceptors (Lipinski definition) is 6. The van der Waals surface area contributed by atoms with E-state index in [9.17, 15) is 13.2 Å². The summed E-state index contributed by atoms with van der Waals surface area (Å²) in [5.41, 5.74) is 0.464. The normalized spacial score (nSPS) is 11.4. The van der Waals surface area contributed by atoms with Crippen LogP contribution in [0.2, 0.25) is 5.02 Å². The highest BCUT2D eigenvalue weighted by Gasteiger charge is 2.24. The highest BCUT2D eigenvalue weighted by atomic mass is 35.5. The first-order chi connectivity index (χ1) is 11.4. The molecule has 0 saturated heterocycles. The van der Waals surface area contributed by atoms with Crippen LogP contribution in [0.5, 0.6) is 0 Å². The van der Waals surface area contributed by atoms with Gasteiger partial charge in [-0.1, -0.05) is 41.8 Å². The smallest absolute Gasteiger partial charge is 0.335 e. The van der Waals surface area contributed by atoms with E-state index in [1.165, 1.54) is 0 Å². The van der Waals surface area contributed by atoms with Gasteiger partial charge in [0, 0.05) is 24.4 Å². The highest BCUT2D eigenvalue weighted by molar-refractivity contribution is 7.90. The number of carbonyl (C=O) groups is 1. The summed E-state index contributed by atoms with van der Waals surface area (Å²) in [6.45, 7) is 2.22. The van der Waals surface area contributed by atoms with E-state index in [2.05, 4.69) is 15.5 Å². The first-order valence-corrected chi connectivity index (χ1v) is 9.50. The Hall–Kier alpha value is -1.93. The lowest BCUT2D eigenvalue weighted by Crippen LogP contribution is -2.25. The standard InChI is InChI=1S/C15H18ClN3O4S/c1-2-5-13(20)17-9-8-14-18-19-15(23-14)24(21,22)10-11-6-3-4-7-12(11)16/h3-4,6-7H,2,5,8-10H2,1H3,(H,17,20). The van der Waals surface area contributed by atoms with Crippen LogP contribution in [0, 0.1) is 0 Å². The first-order valence-electron chi connectivity index (χ1n) is 7.47. The van der Waals surface area contributed by atoms with Crippen molar-refractivity contribution in [3.63, 3.8) is 0 Å². The average Bonchev–Trinajstić information content (AvgIpc) is 2.99. The van der Waals surface area contributed by atoms with Crippen LogP contribution in [-0.4, -0.2) is 31.1 Å². The molecule has 0 aliphatic heterocycles. The van der Waals surface area contributed by atoms with E-state index in [-0.39, 0.29) is 24.0 Å². The van der Waals surface area contributed by atoms with Crippen molar-refractivity contribution >= 4 is 27.3 Å². The molecule has 7 nitrogen and oxygen atoms in total. The van der Waals surface area contributed by atoms with Crippen LogP contribution in [0.15, 0.2) is 33.9 Å². The molecule has 0 spiro atoms. The lowest BCUT2D eigenvalue weighted by atomic mass is 10.2. The molecule has 0 aliphatic carbocycles. The molecule has 0 unspecified atom stereocenters. The molecule has 0 radical (unpaired) electrons. The summed E-state index contributed by atoms with van der Waals surface area (Å²) in [5, 5.41) is 9.90. The molecule has 1 amide bonds. The van der Waals surface area contributed by atoms with Gasteiger partial charge in [0.25, 0.3) is 0 Å². The maximum Gasteiger partial charge on any atom is 0.335 e. The molecule has 0 saturated carbocycles. The Bertz CT molecular complexity index is 805. The second kappa shape index (κ2) is 8.25. The predicted octanol–water partition coefficient (Wildman–Crippen LogP) is 2.16. The second-order valence-corrected chi connectivity index (χ2v) is 7.44. The van der Waals surface area contributed by atoms with Gasteiger partial charge in [-0.3, -0.25) is 4.79 Å². The maximum absolute atomic E-state index is 12.3. The molecule has 2 rings (SSSR count). The third kappa shape index (κ3) is 5.04. The molecule has 130 valence electrons. The second-order valence-electron chi connectivity index (χ2n) is 5.16. The molecular weight excluding hydrogens is 354 g/mol. The maximum atomic E-state index is 12.3. The number of amides is 1. The number of nitrogens with one attached hydrogen (secondary N) is 1. The van der Waals surface area contributed by atoms with E-state index in [0.29, 0.717) is 23.6 Å². The van der Waals surface area contributed by atoms with Crippen molar-refractivity contribution in [1.82, 2.24) is 15.5 Å². The molecule has 1 aromatic carbocycles. The molecule has 1 heterocycles. The van der Waals surface area contributed by atoms with Crippen LogP contribution in [-0.2, 0) is 26.8 Å². The molecule has 0 aliphatic rings. The number of benzene rings is 1. The summed E-state index contributed by atoms with van der Waals surface area (Å²) >= 11 is 5.98. The van der Waals surface area contributed by atoms with Gasteiger partial charge in [-0.15, -0.1) is 5.10 Å². The monoisotopic (exact) mass is 371 g/mol. The van der Waals surface area contributed by atoms with Gasteiger partial charge in [-0.25, -0.2) is 8.42 Å². The van der Waals surface area contributed by atoms with Crippen molar-refractivity contribution in [2.45, 2.75) is 37.2 Å². The Morgan fingerprint density at radius 3 is 2.75 bits per heavy atom. The summed E-state index contributed by atoms with van der Waals surface area (Å²) in [5.74, 6) is -0.227. The van der Waals surface area contributed by atoms with Crippen LogP contribution in [0.4, 0.5) is 0 Å². The molecular formula is C15H18ClN3O4S. The quantitative estimate of drug-likeness (QED) is 0.762. The highest BCUT2D eigenvalue weighted by Crippen LogP contribution is 2.21. The van der Waals surface area contributed by atoms with Gasteiger partial charge in [0.2, 0.25) is 21.6 Å². The molecule has 9 heteroatoms. The summed E-state index contributed by atoms with van der Waals surface area (Å²) < 4.78 is 29.8. The minimum atomic E-state index is -3.78. The molecule has 1 N–H and O–H groups in total. The number of carbonyl (C=O) groups excluding carboxylic acids is 1. The average molecular weight is 372 g/mol. The topological polar surface area (TPSA) is 102 Å². The third-order valence-electron chi connectivity index (χ3n) is 3.16. The van der Waals surface area contributed by atoms with Crippen molar-refractivity contribution in [1.29, 1.82) is 0 Å². The van der Waals surface area contributed by atoms with Gasteiger partial charge < -0.3 is 9.73 Å². The Morgan fingerprint density at radius 1 is 1.29 bits per heavy atom. The summed E-state index contributed by atoms with van der Waals surface area (Å²) in [7, 11) is -3.78. The van der Waals surface area contributed by atoms with E-state index >= 15 is 0 Å². The zero-order valence-electron chi connectivity index (χ0n) is 13.2. The van der Waals surface area contributed by atoms with Crippen molar-refractivity contribution in [2.24, 2.45) is 0 Å². The summed E-state index contributed by atoms with van der Waals surface area (Å²) in [6, 6.07) is 6.66. The molecule has 0 fully saturated rings. The molecule has 1 aromatic heterocycles. The van der Waals surface area contributed by atoms with E-state index in [0.717, 1.165) is 6.42 Å². The zero-order chi connectivity index (χ0) is 17.6. The van der Waals surface area contributed by atoms with Gasteiger partial charge in [0.05, 0.1) is 5.75 Å². The van der Waals surface area contributed by atoms with Crippen LogP contribution >= 0.6 is 11.6 Å². The number of sulfone groups is 1. The SMILES string of the molecule is CCCC(=O)NCCc1nnc(S(=O)(=O)Cc2ccccc2Cl)o1. The largest absolute Gasteiger partial charge is 0.412 e. The number of nitrogens with zero attached hydrogens (tertiary/aromatic N) is 2. The van der Waals surface area contributed by atoms with Crippen molar-refractivity contribution in [3.05, 3.63) is 40.7 Å². The van der Waals surface area contributed by atoms with E-state index < -0.39 is 15.1 Å². The van der Waals surface area contributed by atoms with Gasteiger partial charge in [0.1, 0.15) is 0 Å². The Labute approximate surface area is 145 Å². The molecule has 2 aromatic rings. The molecule has 0 atom stereocenters. The van der Waals surface area contributed by atoms with Crippen molar-refractivity contribution in [2.75, 3.05) is 6.54 Å². The van der Waals surface area contributed by atoms with Gasteiger partial charge in [-0.2, -0.15) is 0 Å².